The molecule has 0 bridgehead atoms. The Hall–Kier alpha value is -1.35. The van der Waals surface area contributed by atoms with Crippen molar-refractivity contribution < 1.29 is 4.79 Å². The number of benzene rings is 1. The van der Waals surface area contributed by atoms with E-state index in [1.54, 1.807) is 0 Å². The van der Waals surface area contributed by atoms with Crippen LogP contribution in [0.4, 0.5) is 0 Å². The molecule has 1 aromatic rings. The molecule has 0 heterocycles. The SMILES string of the molecule is CCC(C)[C@H](N)C(=O)NC(c1ccccc1)C(C)(C)C. The Bertz CT molecular complexity index is 422. The zero-order chi connectivity index (χ0) is 15.3. The van der Waals surface area contributed by atoms with Crippen LogP contribution in [0.3, 0.4) is 0 Å². The molecular formula is C17H28N2O. The summed E-state index contributed by atoms with van der Waals surface area (Å²) in [5, 5.41) is 3.12. The quantitative estimate of drug-likeness (QED) is 0.867. The summed E-state index contributed by atoms with van der Waals surface area (Å²) in [6.45, 7) is 10.4. The molecule has 1 aromatic carbocycles. The van der Waals surface area contributed by atoms with Crippen LogP contribution in [0.25, 0.3) is 0 Å². The third kappa shape index (κ3) is 4.34. The molecule has 20 heavy (non-hydrogen) atoms. The summed E-state index contributed by atoms with van der Waals surface area (Å²) in [5.74, 6) is 0.120. The molecule has 3 N–H and O–H groups in total. The molecule has 0 aromatic heterocycles. The Morgan fingerprint density at radius 3 is 2.25 bits per heavy atom. The fourth-order valence-corrected chi connectivity index (χ4v) is 2.20. The minimum absolute atomic E-state index is 0.0358. The molecular weight excluding hydrogens is 248 g/mol. The van der Waals surface area contributed by atoms with Crippen molar-refractivity contribution in [2.45, 2.75) is 53.1 Å². The Morgan fingerprint density at radius 1 is 1.25 bits per heavy atom. The first kappa shape index (κ1) is 16.7. The average Bonchev–Trinajstić information content (AvgIpc) is 2.42. The third-order valence-corrected chi connectivity index (χ3v) is 3.85. The summed E-state index contributed by atoms with van der Waals surface area (Å²) in [4.78, 5) is 12.3. The van der Waals surface area contributed by atoms with E-state index in [0.717, 1.165) is 12.0 Å². The predicted molar refractivity (Wildman–Crippen MR) is 84.2 cm³/mol. The lowest BCUT2D eigenvalue weighted by molar-refractivity contribution is -0.125. The summed E-state index contributed by atoms with van der Waals surface area (Å²) in [7, 11) is 0. The van der Waals surface area contributed by atoms with E-state index in [1.165, 1.54) is 0 Å². The van der Waals surface area contributed by atoms with E-state index in [4.69, 9.17) is 5.73 Å². The first-order valence-corrected chi connectivity index (χ1v) is 7.38. The van der Waals surface area contributed by atoms with Crippen molar-refractivity contribution in [1.82, 2.24) is 5.32 Å². The summed E-state index contributed by atoms with van der Waals surface area (Å²) in [6.07, 6.45) is 0.903. The highest BCUT2D eigenvalue weighted by Crippen LogP contribution is 2.32. The highest BCUT2D eigenvalue weighted by atomic mass is 16.2. The fourth-order valence-electron chi connectivity index (χ4n) is 2.20. The number of nitrogens with two attached hydrogens (primary N) is 1. The van der Waals surface area contributed by atoms with Gasteiger partial charge in [0.2, 0.25) is 5.91 Å². The van der Waals surface area contributed by atoms with Gasteiger partial charge in [-0.1, -0.05) is 71.4 Å². The highest BCUT2D eigenvalue weighted by Gasteiger charge is 2.30. The first-order valence-electron chi connectivity index (χ1n) is 7.38. The van der Waals surface area contributed by atoms with Crippen LogP contribution >= 0.6 is 0 Å². The molecule has 3 atom stereocenters. The molecule has 3 heteroatoms. The molecule has 0 fully saturated rings. The number of carbonyl (C=O) groups excluding carboxylic acids is 1. The largest absolute Gasteiger partial charge is 0.347 e. The molecule has 0 aliphatic carbocycles. The van der Waals surface area contributed by atoms with Crippen LogP contribution < -0.4 is 11.1 Å². The zero-order valence-electron chi connectivity index (χ0n) is 13.3. The lowest BCUT2D eigenvalue weighted by Gasteiger charge is -2.33. The first-order chi connectivity index (χ1) is 9.27. The van der Waals surface area contributed by atoms with Crippen molar-refractivity contribution in [3.05, 3.63) is 35.9 Å². The summed E-state index contributed by atoms with van der Waals surface area (Å²) in [5.41, 5.74) is 7.08. The van der Waals surface area contributed by atoms with Gasteiger partial charge >= 0.3 is 0 Å². The van der Waals surface area contributed by atoms with Crippen LogP contribution in [0, 0.1) is 11.3 Å². The van der Waals surface area contributed by atoms with Gasteiger partial charge in [0, 0.05) is 0 Å². The molecule has 112 valence electrons. The molecule has 0 radical (unpaired) electrons. The predicted octanol–water partition coefficient (Wildman–Crippen LogP) is 3.26. The van der Waals surface area contributed by atoms with E-state index in [-0.39, 0.29) is 23.3 Å². The average molecular weight is 276 g/mol. The minimum Gasteiger partial charge on any atom is -0.347 e. The van der Waals surface area contributed by atoms with Crippen LogP contribution in [0.1, 0.15) is 52.6 Å². The van der Waals surface area contributed by atoms with Crippen molar-refractivity contribution >= 4 is 5.91 Å². The number of carbonyl (C=O) groups is 1. The maximum atomic E-state index is 12.3. The van der Waals surface area contributed by atoms with Gasteiger partial charge in [-0.15, -0.1) is 0 Å². The van der Waals surface area contributed by atoms with Gasteiger partial charge < -0.3 is 11.1 Å². The maximum Gasteiger partial charge on any atom is 0.237 e. The molecule has 1 rings (SSSR count). The van der Waals surface area contributed by atoms with E-state index in [1.807, 2.05) is 37.3 Å². The van der Waals surface area contributed by atoms with E-state index in [9.17, 15) is 4.79 Å². The second-order valence-corrected chi connectivity index (χ2v) is 6.63. The van der Waals surface area contributed by atoms with Gasteiger partial charge in [0.25, 0.3) is 0 Å². The smallest absolute Gasteiger partial charge is 0.237 e. The van der Waals surface area contributed by atoms with E-state index in [0.29, 0.717) is 0 Å². The summed E-state index contributed by atoms with van der Waals surface area (Å²) >= 11 is 0. The van der Waals surface area contributed by atoms with Crippen LogP contribution in [0.15, 0.2) is 30.3 Å². The van der Waals surface area contributed by atoms with Gasteiger partial charge in [0.15, 0.2) is 0 Å². The molecule has 2 unspecified atom stereocenters. The normalized spacial score (nSPS) is 16.3. The Balaban J connectivity index is 2.90. The van der Waals surface area contributed by atoms with Crippen molar-refractivity contribution in [3.8, 4) is 0 Å². The molecule has 0 saturated heterocycles. The van der Waals surface area contributed by atoms with Crippen LogP contribution in [-0.4, -0.2) is 11.9 Å². The Labute approximate surface area is 122 Å². The van der Waals surface area contributed by atoms with Crippen molar-refractivity contribution in [1.29, 1.82) is 0 Å². The van der Waals surface area contributed by atoms with Gasteiger partial charge in [-0.3, -0.25) is 4.79 Å². The molecule has 0 aliphatic rings. The topological polar surface area (TPSA) is 55.1 Å². The zero-order valence-corrected chi connectivity index (χ0v) is 13.3. The fraction of sp³-hybridized carbons (Fsp3) is 0.588. The second kappa shape index (κ2) is 6.89. The minimum atomic E-state index is -0.450. The van der Waals surface area contributed by atoms with Gasteiger partial charge in [-0.25, -0.2) is 0 Å². The third-order valence-electron chi connectivity index (χ3n) is 3.85. The lowest BCUT2D eigenvalue weighted by Crippen LogP contribution is -2.48. The van der Waals surface area contributed by atoms with Gasteiger partial charge in [0.05, 0.1) is 12.1 Å². The van der Waals surface area contributed by atoms with Crippen LogP contribution in [0.2, 0.25) is 0 Å². The van der Waals surface area contributed by atoms with Crippen LogP contribution in [-0.2, 0) is 4.79 Å². The molecule has 0 aliphatic heterocycles. The standard InChI is InChI=1S/C17H28N2O/c1-6-12(2)14(18)16(20)19-15(17(3,4)5)13-10-8-7-9-11-13/h7-12,14-15H,6,18H2,1-5H3,(H,19,20)/t12?,14-,15?/m0/s1. The highest BCUT2D eigenvalue weighted by molar-refractivity contribution is 5.82. The van der Waals surface area contributed by atoms with Gasteiger partial charge in [0.1, 0.15) is 0 Å². The summed E-state index contributed by atoms with van der Waals surface area (Å²) in [6, 6.07) is 9.58. The monoisotopic (exact) mass is 276 g/mol. The number of hydrogen-bond donors (Lipinski definition) is 2. The molecule has 0 spiro atoms. The van der Waals surface area contributed by atoms with Gasteiger partial charge in [-0.05, 0) is 16.9 Å². The molecule has 1 amide bonds. The summed E-state index contributed by atoms with van der Waals surface area (Å²) < 4.78 is 0. The van der Waals surface area contributed by atoms with Crippen molar-refractivity contribution in [2.75, 3.05) is 0 Å². The second-order valence-electron chi connectivity index (χ2n) is 6.63. The maximum absolute atomic E-state index is 12.3. The van der Waals surface area contributed by atoms with E-state index >= 15 is 0 Å². The number of hydrogen-bond acceptors (Lipinski definition) is 2. The Kier molecular flexibility index (Phi) is 5.75. The van der Waals surface area contributed by atoms with E-state index < -0.39 is 6.04 Å². The molecule has 3 nitrogen and oxygen atoms in total. The van der Waals surface area contributed by atoms with Gasteiger partial charge in [-0.2, -0.15) is 0 Å². The van der Waals surface area contributed by atoms with Crippen molar-refractivity contribution in [2.24, 2.45) is 17.1 Å². The molecule has 0 saturated carbocycles. The Morgan fingerprint density at radius 2 is 1.80 bits per heavy atom. The number of rotatable bonds is 5. The lowest BCUT2D eigenvalue weighted by atomic mass is 9.82. The number of amides is 1. The van der Waals surface area contributed by atoms with E-state index in [2.05, 4.69) is 33.0 Å². The van der Waals surface area contributed by atoms with Crippen LogP contribution in [0.5, 0.6) is 0 Å². The van der Waals surface area contributed by atoms with Crippen molar-refractivity contribution in [3.63, 3.8) is 0 Å². The number of nitrogens with one attached hydrogen (secondary N) is 1.